The molecule has 0 aliphatic heterocycles. The molecule has 0 atom stereocenters. The summed E-state index contributed by atoms with van der Waals surface area (Å²) in [4.78, 5) is 39.8. The number of fused-ring (bicyclic) bond motifs is 2. The van der Waals surface area contributed by atoms with E-state index in [-0.39, 0.29) is 12.2 Å². The Morgan fingerprint density at radius 2 is 1.68 bits per heavy atom. The van der Waals surface area contributed by atoms with Crippen LogP contribution in [0.4, 0.5) is 5.00 Å². The van der Waals surface area contributed by atoms with E-state index < -0.39 is 17.5 Å². The molecule has 0 radical (unpaired) electrons. The third-order valence-electron chi connectivity index (χ3n) is 6.26. The number of anilines is 1. The fourth-order valence-corrected chi connectivity index (χ4v) is 5.80. The van der Waals surface area contributed by atoms with Crippen LogP contribution < -0.4 is 10.9 Å². The third-order valence-corrected chi connectivity index (χ3v) is 7.47. The summed E-state index contributed by atoms with van der Waals surface area (Å²) in [5, 5.41) is 3.96. The molecule has 0 fully saturated rings. The lowest BCUT2D eigenvalue weighted by atomic mass is 9.97. The highest BCUT2D eigenvalue weighted by molar-refractivity contribution is 7.17. The zero-order valence-corrected chi connectivity index (χ0v) is 20.4. The first-order valence-corrected chi connectivity index (χ1v) is 13.1. The number of hydrogen-bond donors (Lipinski definition) is 1. The SMILES string of the molecule is CCOC(=O)c1c(NC(=O)c2cc3ccccc3oc2=O)sc2c1CCCCCCCCCC2. The Morgan fingerprint density at radius 1 is 1.00 bits per heavy atom. The fourth-order valence-electron chi connectivity index (χ4n) is 4.52. The van der Waals surface area contributed by atoms with Gasteiger partial charge in [0, 0.05) is 10.3 Å². The number of benzene rings is 1. The van der Waals surface area contributed by atoms with Crippen molar-refractivity contribution in [3.8, 4) is 0 Å². The zero-order chi connectivity index (χ0) is 23.9. The first-order valence-electron chi connectivity index (χ1n) is 12.2. The number of amides is 1. The van der Waals surface area contributed by atoms with E-state index in [2.05, 4.69) is 5.32 Å². The molecule has 1 aromatic carbocycles. The second kappa shape index (κ2) is 11.5. The Morgan fingerprint density at radius 3 is 2.41 bits per heavy atom. The molecule has 6 nitrogen and oxygen atoms in total. The Balaban J connectivity index is 1.69. The van der Waals surface area contributed by atoms with E-state index in [0.717, 1.165) is 49.0 Å². The number of hydrogen-bond acceptors (Lipinski definition) is 6. The van der Waals surface area contributed by atoms with Gasteiger partial charge in [0.05, 0.1) is 12.2 Å². The van der Waals surface area contributed by atoms with E-state index in [4.69, 9.17) is 9.15 Å². The third kappa shape index (κ3) is 5.58. The van der Waals surface area contributed by atoms with Crippen molar-refractivity contribution in [1.29, 1.82) is 0 Å². The molecule has 0 saturated heterocycles. The predicted molar refractivity (Wildman–Crippen MR) is 135 cm³/mol. The highest BCUT2D eigenvalue weighted by Crippen LogP contribution is 2.37. The van der Waals surface area contributed by atoms with Crippen molar-refractivity contribution in [3.63, 3.8) is 0 Å². The number of para-hydroxylation sites is 1. The minimum atomic E-state index is -0.704. The van der Waals surface area contributed by atoms with Gasteiger partial charge in [-0.25, -0.2) is 9.59 Å². The average Bonchev–Trinajstić information content (AvgIpc) is 3.15. The van der Waals surface area contributed by atoms with E-state index in [1.165, 1.54) is 43.1 Å². The molecule has 1 aliphatic carbocycles. The van der Waals surface area contributed by atoms with E-state index in [1.807, 2.05) is 6.07 Å². The number of nitrogens with one attached hydrogen (secondary N) is 1. The predicted octanol–water partition coefficient (Wildman–Crippen LogP) is 6.50. The van der Waals surface area contributed by atoms with Crippen LogP contribution in [0, 0.1) is 0 Å². The minimum absolute atomic E-state index is 0.0871. The van der Waals surface area contributed by atoms with E-state index in [1.54, 1.807) is 25.1 Å². The highest BCUT2D eigenvalue weighted by Gasteiger charge is 2.26. The van der Waals surface area contributed by atoms with Gasteiger partial charge in [-0.2, -0.15) is 0 Å². The number of carbonyl (C=O) groups is 2. The van der Waals surface area contributed by atoms with Crippen molar-refractivity contribution in [1.82, 2.24) is 0 Å². The van der Waals surface area contributed by atoms with E-state index >= 15 is 0 Å². The molecule has 2 heterocycles. The molecular weight excluding hydrogens is 450 g/mol. The van der Waals surface area contributed by atoms with Crippen LogP contribution in [0.3, 0.4) is 0 Å². The summed E-state index contributed by atoms with van der Waals surface area (Å²) in [7, 11) is 0. The quantitative estimate of drug-likeness (QED) is 0.339. The fraction of sp³-hybridized carbons (Fsp3) is 0.444. The molecule has 3 aromatic rings. The molecule has 4 rings (SSSR count). The molecule has 0 spiro atoms. The smallest absolute Gasteiger partial charge is 0.349 e. The maximum Gasteiger partial charge on any atom is 0.349 e. The molecule has 0 unspecified atom stereocenters. The van der Waals surface area contributed by atoms with Crippen molar-refractivity contribution in [2.45, 2.75) is 71.1 Å². The molecule has 1 N–H and O–H groups in total. The van der Waals surface area contributed by atoms with Gasteiger partial charge in [0.25, 0.3) is 5.91 Å². The molecule has 7 heteroatoms. The van der Waals surface area contributed by atoms with Crippen LogP contribution in [-0.2, 0) is 17.6 Å². The summed E-state index contributed by atoms with van der Waals surface area (Å²) in [6.07, 6.45) is 11.0. The molecule has 1 aliphatic rings. The molecule has 180 valence electrons. The summed E-state index contributed by atoms with van der Waals surface area (Å²) in [6.45, 7) is 2.03. The summed E-state index contributed by atoms with van der Waals surface area (Å²) in [5.74, 6) is -1.00. The number of carbonyl (C=O) groups excluding carboxylic acids is 2. The summed E-state index contributed by atoms with van der Waals surface area (Å²) < 4.78 is 10.7. The summed E-state index contributed by atoms with van der Waals surface area (Å²) in [5.41, 5.74) is 1.07. The number of aryl methyl sites for hydroxylation is 1. The first kappa shape index (κ1) is 24.2. The Labute approximate surface area is 203 Å². The number of rotatable bonds is 4. The maximum atomic E-state index is 13.1. The van der Waals surface area contributed by atoms with Crippen LogP contribution in [0.15, 0.2) is 39.5 Å². The van der Waals surface area contributed by atoms with Crippen molar-refractivity contribution in [2.75, 3.05) is 11.9 Å². The monoisotopic (exact) mass is 481 g/mol. The minimum Gasteiger partial charge on any atom is -0.462 e. The van der Waals surface area contributed by atoms with Crippen molar-refractivity contribution < 1.29 is 18.7 Å². The maximum absolute atomic E-state index is 13.1. The number of thiophene rings is 1. The lowest BCUT2D eigenvalue weighted by Crippen LogP contribution is -2.21. The molecule has 1 amide bonds. The first-order chi connectivity index (χ1) is 16.6. The molecule has 0 bridgehead atoms. The largest absolute Gasteiger partial charge is 0.462 e. The van der Waals surface area contributed by atoms with Crippen LogP contribution in [0.1, 0.15) is 89.4 Å². The van der Waals surface area contributed by atoms with Gasteiger partial charge in [-0.05, 0) is 50.3 Å². The van der Waals surface area contributed by atoms with E-state index in [0.29, 0.717) is 21.5 Å². The highest BCUT2D eigenvalue weighted by atomic mass is 32.1. The summed E-state index contributed by atoms with van der Waals surface area (Å²) in [6, 6.07) is 8.59. The van der Waals surface area contributed by atoms with Crippen LogP contribution >= 0.6 is 11.3 Å². The van der Waals surface area contributed by atoms with Crippen molar-refractivity contribution >= 4 is 39.2 Å². The van der Waals surface area contributed by atoms with Gasteiger partial charge < -0.3 is 14.5 Å². The van der Waals surface area contributed by atoms with Gasteiger partial charge in [-0.1, -0.05) is 56.7 Å². The van der Waals surface area contributed by atoms with Gasteiger partial charge in [0.1, 0.15) is 16.1 Å². The van der Waals surface area contributed by atoms with Gasteiger partial charge in [0.15, 0.2) is 0 Å². The number of esters is 1. The van der Waals surface area contributed by atoms with Crippen LogP contribution in [0.5, 0.6) is 0 Å². The van der Waals surface area contributed by atoms with E-state index in [9.17, 15) is 14.4 Å². The molecule has 2 aromatic heterocycles. The van der Waals surface area contributed by atoms with Gasteiger partial charge >= 0.3 is 11.6 Å². The van der Waals surface area contributed by atoms with Gasteiger partial charge in [-0.15, -0.1) is 11.3 Å². The zero-order valence-electron chi connectivity index (χ0n) is 19.6. The normalized spacial score (nSPS) is 15.1. The van der Waals surface area contributed by atoms with Gasteiger partial charge in [0.2, 0.25) is 0 Å². The lowest BCUT2D eigenvalue weighted by molar-refractivity contribution is 0.0526. The second-order valence-electron chi connectivity index (χ2n) is 8.70. The standard InChI is InChI=1S/C27H31NO5S/c1-2-32-27(31)23-19-14-9-7-5-3-4-6-8-10-16-22(19)34-25(23)28-24(29)20-17-18-13-11-12-15-21(18)33-26(20)30/h11-13,15,17H,2-10,14,16H2,1H3,(H,28,29). The lowest BCUT2D eigenvalue weighted by Gasteiger charge is -2.10. The van der Waals surface area contributed by atoms with Crippen molar-refractivity contribution in [3.05, 3.63) is 62.3 Å². The Kier molecular flexibility index (Phi) is 8.16. The Bertz CT molecular complexity index is 1230. The summed E-state index contributed by atoms with van der Waals surface area (Å²) >= 11 is 1.43. The van der Waals surface area contributed by atoms with Crippen LogP contribution in [-0.4, -0.2) is 18.5 Å². The van der Waals surface area contributed by atoms with Crippen molar-refractivity contribution in [2.24, 2.45) is 0 Å². The molecular formula is C27H31NO5S. The molecule has 0 saturated carbocycles. The van der Waals surface area contributed by atoms with Gasteiger partial charge in [-0.3, -0.25) is 4.79 Å². The average molecular weight is 482 g/mol. The second-order valence-corrected chi connectivity index (χ2v) is 9.80. The topological polar surface area (TPSA) is 85.6 Å². The van der Waals surface area contributed by atoms with Crippen LogP contribution in [0.2, 0.25) is 0 Å². The number of ether oxygens (including phenoxy) is 1. The van der Waals surface area contributed by atoms with Crippen LogP contribution in [0.25, 0.3) is 11.0 Å². The Hall–Kier alpha value is -2.93. The molecule has 34 heavy (non-hydrogen) atoms.